The lowest BCUT2D eigenvalue weighted by Crippen LogP contribution is -2.47. The van der Waals surface area contributed by atoms with Crippen molar-refractivity contribution in [2.45, 2.75) is 32.9 Å². The maximum atomic E-state index is 9.52. The van der Waals surface area contributed by atoms with Gasteiger partial charge in [0, 0.05) is 18.3 Å². The van der Waals surface area contributed by atoms with Gasteiger partial charge in [0.15, 0.2) is 0 Å². The Morgan fingerprint density at radius 3 is 2.81 bits per heavy atom. The maximum absolute atomic E-state index is 9.52. The molecule has 88 valence electrons. The lowest BCUT2D eigenvalue weighted by molar-refractivity contribution is 0.0344. The Morgan fingerprint density at radius 1 is 1.38 bits per heavy atom. The molecule has 16 heavy (non-hydrogen) atoms. The van der Waals surface area contributed by atoms with Gasteiger partial charge in [0.2, 0.25) is 0 Å². The number of morpholine rings is 1. The Balaban J connectivity index is 2.24. The van der Waals surface area contributed by atoms with Crippen molar-refractivity contribution in [3.05, 3.63) is 23.8 Å². The highest BCUT2D eigenvalue weighted by Crippen LogP contribution is 2.26. The number of hydrogen-bond acceptors (Lipinski definition) is 3. The zero-order valence-electron chi connectivity index (χ0n) is 10.1. The van der Waals surface area contributed by atoms with E-state index in [1.807, 2.05) is 19.1 Å². The van der Waals surface area contributed by atoms with Crippen LogP contribution in [0, 0.1) is 6.92 Å². The van der Waals surface area contributed by atoms with Crippen LogP contribution in [0.5, 0.6) is 5.75 Å². The summed E-state index contributed by atoms with van der Waals surface area (Å²) < 4.78 is 5.60. The molecule has 1 aromatic rings. The Kier molecular flexibility index (Phi) is 3.06. The monoisotopic (exact) mass is 221 g/mol. The highest BCUT2D eigenvalue weighted by molar-refractivity contribution is 5.53. The van der Waals surface area contributed by atoms with E-state index in [2.05, 4.69) is 18.7 Å². The molecular weight excluding hydrogens is 202 g/mol. The van der Waals surface area contributed by atoms with Gasteiger partial charge in [-0.3, -0.25) is 0 Å². The van der Waals surface area contributed by atoms with Crippen LogP contribution in [0.4, 0.5) is 5.69 Å². The fraction of sp³-hybridized carbons (Fsp3) is 0.538. The molecule has 3 nitrogen and oxygen atoms in total. The van der Waals surface area contributed by atoms with Crippen LogP contribution in [-0.2, 0) is 4.74 Å². The first-order chi connectivity index (χ1) is 7.58. The lowest BCUT2D eigenvalue weighted by Gasteiger charge is -2.38. The van der Waals surface area contributed by atoms with Crippen molar-refractivity contribution >= 4 is 5.69 Å². The zero-order valence-corrected chi connectivity index (χ0v) is 10.1. The van der Waals surface area contributed by atoms with E-state index in [9.17, 15) is 5.11 Å². The van der Waals surface area contributed by atoms with Gasteiger partial charge in [-0.15, -0.1) is 0 Å². The van der Waals surface area contributed by atoms with Gasteiger partial charge >= 0.3 is 0 Å². The molecule has 1 fully saturated rings. The summed E-state index contributed by atoms with van der Waals surface area (Å²) in [6.07, 6.45) is 0.269. The Bertz CT molecular complexity index is 378. The van der Waals surface area contributed by atoms with Crippen LogP contribution < -0.4 is 4.90 Å². The van der Waals surface area contributed by atoms with Gasteiger partial charge in [-0.05, 0) is 44.5 Å². The van der Waals surface area contributed by atoms with Crippen LogP contribution in [-0.4, -0.2) is 30.4 Å². The molecule has 3 heteroatoms. The van der Waals surface area contributed by atoms with Crippen LogP contribution in [0.2, 0.25) is 0 Å². The van der Waals surface area contributed by atoms with Crippen molar-refractivity contribution in [3.8, 4) is 5.75 Å². The molecule has 0 aliphatic carbocycles. The van der Waals surface area contributed by atoms with E-state index in [0.717, 1.165) is 24.4 Å². The molecule has 0 bridgehead atoms. The molecule has 0 aromatic heterocycles. The second-order valence-electron chi connectivity index (χ2n) is 4.62. The molecule has 1 aliphatic heterocycles. The van der Waals surface area contributed by atoms with Crippen molar-refractivity contribution in [2.24, 2.45) is 0 Å². The Labute approximate surface area is 96.6 Å². The molecule has 2 unspecified atom stereocenters. The number of rotatable bonds is 1. The van der Waals surface area contributed by atoms with Gasteiger partial charge in [0.1, 0.15) is 5.75 Å². The number of ether oxygens (including phenoxy) is 1. The fourth-order valence-corrected chi connectivity index (χ4v) is 2.08. The zero-order chi connectivity index (χ0) is 11.7. The minimum absolute atomic E-state index is 0.269. The number of anilines is 1. The van der Waals surface area contributed by atoms with Crippen LogP contribution in [0.1, 0.15) is 19.4 Å². The first-order valence-corrected chi connectivity index (χ1v) is 5.76. The van der Waals surface area contributed by atoms with Crippen molar-refractivity contribution in [2.75, 3.05) is 18.1 Å². The third-order valence-electron chi connectivity index (χ3n) is 3.12. The number of aromatic hydroxyl groups is 1. The van der Waals surface area contributed by atoms with E-state index in [-0.39, 0.29) is 6.10 Å². The molecule has 2 rings (SSSR count). The van der Waals surface area contributed by atoms with Crippen molar-refractivity contribution in [3.63, 3.8) is 0 Å². The average molecular weight is 221 g/mol. The number of hydrogen-bond donors (Lipinski definition) is 1. The number of phenols is 1. The quantitative estimate of drug-likeness (QED) is 0.790. The summed E-state index contributed by atoms with van der Waals surface area (Å²) in [5, 5.41) is 9.52. The summed E-state index contributed by atoms with van der Waals surface area (Å²) in [6, 6.07) is 6.15. The van der Waals surface area contributed by atoms with E-state index in [0.29, 0.717) is 11.8 Å². The van der Waals surface area contributed by atoms with Gasteiger partial charge in [-0.2, -0.15) is 0 Å². The smallest absolute Gasteiger partial charge is 0.118 e. The summed E-state index contributed by atoms with van der Waals surface area (Å²) in [7, 11) is 0. The predicted molar refractivity (Wildman–Crippen MR) is 65.1 cm³/mol. The van der Waals surface area contributed by atoms with E-state index in [1.165, 1.54) is 0 Å². The minimum atomic E-state index is 0.269. The van der Waals surface area contributed by atoms with Crippen molar-refractivity contribution in [1.82, 2.24) is 0 Å². The molecule has 1 heterocycles. The number of benzene rings is 1. The fourth-order valence-electron chi connectivity index (χ4n) is 2.08. The van der Waals surface area contributed by atoms with E-state index < -0.39 is 0 Å². The molecule has 2 atom stereocenters. The summed E-state index contributed by atoms with van der Waals surface area (Å²) in [4.78, 5) is 2.33. The third kappa shape index (κ3) is 2.14. The molecule has 1 aromatic carbocycles. The normalized spacial score (nSPS) is 25.8. The summed E-state index contributed by atoms with van der Waals surface area (Å²) >= 11 is 0. The van der Waals surface area contributed by atoms with Crippen molar-refractivity contribution in [1.29, 1.82) is 0 Å². The third-order valence-corrected chi connectivity index (χ3v) is 3.12. The van der Waals surface area contributed by atoms with Crippen LogP contribution in [0.3, 0.4) is 0 Å². The summed E-state index contributed by atoms with van der Waals surface area (Å²) in [5.74, 6) is 0.359. The maximum Gasteiger partial charge on any atom is 0.118 e. The van der Waals surface area contributed by atoms with Gasteiger partial charge in [-0.1, -0.05) is 0 Å². The molecule has 0 amide bonds. The molecule has 0 spiro atoms. The van der Waals surface area contributed by atoms with Gasteiger partial charge in [0.25, 0.3) is 0 Å². The predicted octanol–water partition coefficient (Wildman–Crippen LogP) is 2.31. The first-order valence-electron chi connectivity index (χ1n) is 5.76. The van der Waals surface area contributed by atoms with E-state index in [1.54, 1.807) is 6.07 Å². The van der Waals surface area contributed by atoms with E-state index in [4.69, 9.17) is 4.74 Å². The van der Waals surface area contributed by atoms with Gasteiger partial charge < -0.3 is 14.7 Å². The standard InChI is InChI=1S/C13H19NO2/c1-9-6-12(4-5-13(9)15)14-7-11(3)16-8-10(14)2/h4-6,10-11,15H,7-8H2,1-3H3. The second-order valence-corrected chi connectivity index (χ2v) is 4.62. The summed E-state index contributed by atoms with van der Waals surface area (Å²) in [6.45, 7) is 7.85. The SMILES string of the molecule is Cc1cc(N2CC(C)OCC2C)ccc1O. The molecule has 1 aliphatic rings. The molecule has 1 saturated heterocycles. The summed E-state index contributed by atoms with van der Waals surface area (Å²) in [5.41, 5.74) is 2.08. The Hall–Kier alpha value is -1.22. The van der Waals surface area contributed by atoms with Crippen LogP contribution in [0.25, 0.3) is 0 Å². The minimum Gasteiger partial charge on any atom is -0.508 e. The molecule has 0 radical (unpaired) electrons. The average Bonchev–Trinajstić information content (AvgIpc) is 2.26. The molecule has 1 N–H and O–H groups in total. The van der Waals surface area contributed by atoms with Crippen molar-refractivity contribution < 1.29 is 9.84 Å². The molecule has 0 saturated carbocycles. The number of aryl methyl sites for hydroxylation is 1. The first kappa shape index (κ1) is 11.3. The number of phenolic OH excluding ortho intramolecular Hbond substituents is 1. The van der Waals surface area contributed by atoms with Crippen LogP contribution >= 0.6 is 0 Å². The largest absolute Gasteiger partial charge is 0.508 e. The van der Waals surface area contributed by atoms with Gasteiger partial charge in [0.05, 0.1) is 12.7 Å². The Morgan fingerprint density at radius 2 is 2.12 bits per heavy atom. The van der Waals surface area contributed by atoms with Crippen LogP contribution in [0.15, 0.2) is 18.2 Å². The second kappa shape index (κ2) is 4.34. The van der Waals surface area contributed by atoms with Gasteiger partial charge in [-0.25, -0.2) is 0 Å². The van der Waals surface area contributed by atoms with E-state index >= 15 is 0 Å². The lowest BCUT2D eigenvalue weighted by atomic mass is 10.1. The highest BCUT2D eigenvalue weighted by Gasteiger charge is 2.23. The topological polar surface area (TPSA) is 32.7 Å². The number of nitrogens with zero attached hydrogens (tertiary/aromatic N) is 1. The molecular formula is C13H19NO2. The highest BCUT2D eigenvalue weighted by atomic mass is 16.5.